The van der Waals surface area contributed by atoms with Gasteiger partial charge in [0.25, 0.3) is 0 Å². The Morgan fingerprint density at radius 2 is 2.38 bits per heavy atom. The average Bonchev–Trinajstić information content (AvgIpc) is 2.57. The highest BCUT2D eigenvalue weighted by Crippen LogP contribution is 2.14. The van der Waals surface area contributed by atoms with Crippen LogP contribution in [0.3, 0.4) is 0 Å². The molecule has 2 aliphatic heterocycles. The summed E-state index contributed by atoms with van der Waals surface area (Å²) >= 11 is 0. The Balaban J connectivity index is 2.19. The lowest BCUT2D eigenvalue weighted by atomic mass is 10.2. The van der Waals surface area contributed by atoms with Gasteiger partial charge in [-0.3, -0.25) is 4.90 Å². The van der Waals surface area contributed by atoms with Gasteiger partial charge in [-0.15, -0.1) is 5.10 Å². The predicted octanol–water partition coefficient (Wildman–Crippen LogP) is 1.73. The third kappa shape index (κ3) is 2.03. The molecule has 0 aliphatic carbocycles. The third-order valence-electron chi connectivity index (χ3n) is 2.12. The van der Waals surface area contributed by atoms with Crippen LogP contribution >= 0.6 is 0 Å². The molecule has 5 heteroatoms. The van der Waals surface area contributed by atoms with E-state index in [-0.39, 0.29) is 6.10 Å². The summed E-state index contributed by atoms with van der Waals surface area (Å²) < 4.78 is 5.14. The zero-order chi connectivity index (χ0) is 11.5. The molecule has 0 radical (unpaired) electrons. The van der Waals surface area contributed by atoms with Crippen LogP contribution in [0.4, 0.5) is 4.79 Å². The third-order valence-corrected chi connectivity index (χ3v) is 2.12. The zero-order valence-electron chi connectivity index (χ0n) is 9.25. The fourth-order valence-electron chi connectivity index (χ4n) is 1.44. The second kappa shape index (κ2) is 4.30. The minimum absolute atomic E-state index is 0.143. The number of nitrogens with zero attached hydrogens (tertiary/aromatic N) is 3. The van der Waals surface area contributed by atoms with E-state index in [0.29, 0.717) is 12.4 Å². The molecule has 0 bridgehead atoms. The molecule has 2 rings (SSSR count). The van der Waals surface area contributed by atoms with Crippen molar-refractivity contribution < 1.29 is 9.53 Å². The molecular weight excluding hydrogens is 206 g/mol. The van der Waals surface area contributed by atoms with Crippen molar-refractivity contribution in [3.8, 4) is 0 Å². The van der Waals surface area contributed by atoms with Crippen molar-refractivity contribution in [3.05, 3.63) is 23.8 Å². The minimum Gasteiger partial charge on any atom is -0.446 e. The van der Waals surface area contributed by atoms with Crippen LogP contribution in [0.2, 0.25) is 0 Å². The SMILES string of the molecule is CC(C)OC(=O)N1CC=CC=C2C=NN=C21. The van der Waals surface area contributed by atoms with Crippen LogP contribution in [0.25, 0.3) is 0 Å². The Kier molecular flexibility index (Phi) is 2.85. The van der Waals surface area contributed by atoms with Gasteiger partial charge in [-0.1, -0.05) is 12.2 Å². The maximum Gasteiger partial charge on any atom is 0.416 e. The Bertz CT molecular complexity index is 419. The summed E-state index contributed by atoms with van der Waals surface area (Å²) in [4.78, 5) is 13.3. The topological polar surface area (TPSA) is 54.3 Å². The molecular formula is C11H13N3O2. The number of ether oxygens (including phenoxy) is 1. The van der Waals surface area contributed by atoms with Crippen LogP contribution in [0.15, 0.2) is 34.0 Å². The van der Waals surface area contributed by atoms with Gasteiger partial charge in [0.1, 0.15) is 0 Å². The number of carbonyl (C=O) groups excluding carboxylic acids is 1. The molecule has 5 nitrogen and oxygen atoms in total. The Hall–Kier alpha value is -1.91. The summed E-state index contributed by atoms with van der Waals surface area (Å²) in [6.45, 7) is 4.08. The highest BCUT2D eigenvalue weighted by Gasteiger charge is 2.26. The summed E-state index contributed by atoms with van der Waals surface area (Å²) in [6.07, 6.45) is 6.72. The number of fused-ring (bicyclic) bond motifs is 1. The number of allylic oxidation sites excluding steroid dienone is 2. The monoisotopic (exact) mass is 219 g/mol. The highest BCUT2D eigenvalue weighted by atomic mass is 16.6. The molecule has 0 saturated carbocycles. The first-order valence-electron chi connectivity index (χ1n) is 5.15. The van der Waals surface area contributed by atoms with Gasteiger partial charge in [0.15, 0.2) is 5.84 Å². The van der Waals surface area contributed by atoms with Crippen LogP contribution in [0.1, 0.15) is 13.8 Å². The van der Waals surface area contributed by atoms with E-state index in [1.165, 1.54) is 4.90 Å². The number of amidine groups is 1. The van der Waals surface area contributed by atoms with Crippen molar-refractivity contribution in [1.82, 2.24) is 4.90 Å². The fourth-order valence-corrected chi connectivity index (χ4v) is 1.44. The van der Waals surface area contributed by atoms with Crippen LogP contribution in [-0.4, -0.2) is 35.7 Å². The molecule has 0 aromatic heterocycles. The smallest absolute Gasteiger partial charge is 0.416 e. The van der Waals surface area contributed by atoms with Crippen LogP contribution in [0.5, 0.6) is 0 Å². The first-order chi connectivity index (χ1) is 7.68. The molecule has 16 heavy (non-hydrogen) atoms. The van der Waals surface area contributed by atoms with Gasteiger partial charge in [0.05, 0.1) is 12.3 Å². The molecule has 0 spiro atoms. The van der Waals surface area contributed by atoms with E-state index in [1.54, 1.807) is 6.21 Å². The Morgan fingerprint density at radius 1 is 1.56 bits per heavy atom. The zero-order valence-corrected chi connectivity index (χ0v) is 9.25. The molecule has 0 N–H and O–H groups in total. The van der Waals surface area contributed by atoms with Crippen LogP contribution in [0, 0.1) is 0 Å². The lowest BCUT2D eigenvalue weighted by molar-refractivity contribution is 0.0964. The molecule has 1 amide bonds. The summed E-state index contributed by atoms with van der Waals surface area (Å²) in [5.74, 6) is 0.552. The predicted molar refractivity (Wildman–Crippen MR) is 61.5 cm³/mol. The molecule has 2 aliphatic rings. The molecule has 0 saturated heterocycles. The van der Waals surface area contributed by atoms with Gasteiger partial charge >= 0.3 is 6.09 Å². The molecule has 0 unspecified atom stereocenters. The number of carbonyl (C=O) groups is 1. The Labute approximate surface area is 93.8 Å². The number of rotatable bonds is 1. The van der Waals surface area contributed by atoms with Crippen LogP contribution < -0.4 is 0 Å². The largest absolute Gasteiger partial charge is 0.446 e. The van der Waals surface area contributed by atoms with Gasteiger partial charge in [-0.25, -0.2) is 4.79 Å². The van der Waals surface area contributed by atoms with Crippen molar-refractivity contribution in [1.29, 1.82) is 0 Å². The van der Waals surface area contributed by atoms with Crippen LogP contribution in [-0.2, 0) is 4.74 Å². The first kappa shape index (κ1) is 10.6. The summed E-state index contributed by atoms with van der Waals surface area (Å²) in [5.41, 5.74) is 0.828. The van der Waals surface area contributed by atoms with Gasteiger partial charge in [-0.05, 0) is 19.9 Å². The average molecular weight is 219 g/mol. The lowest BCUT2D eigenvalue weighted by Gasteiger charge is -2.20. The number of hydrogen-bond donors (Lipinski definition) is 0. The van der Waals surface area contributed by atoms with Crippen molar-refractivity contribution in [2.24, 2.45) is 10.2 Å². The standard InChI is InChI=1S/C11H13N3O2/c1-8(2)16-11(15)14-6-4-3-5-9-7-12-13-10(9)14/h3-5,7-8H,6H2,1-2H3. The molecule has 84 valence electrons. The maximum absolute atomic E-state index is 11.8. The van der Waals surface area contributed by atoms with E-state index >= 15 is 0 Å². The second-order valence-electron chi connectivity index (χ2n) is 3.76. The minimum atomic E-state index is -0.392. The molecule has 0 aromatic rings. The molecule has 0 fully saturated rings. The first-order valence-corrected chi connectivity index (χ1v) is 5.15. The lowest BCUT2D eigenvalue weighted by Crippen LogP contribution is -2.38. The van der Waals surface area contributed by atoms with Gasteiger partial charge in [-0.2, -0.15) is 5.10 Å². The summed E-state index contributed by atoms with van der Waals surface area (Å²) in [7, 11) is 0. The Morgan fingerprint density at radius 3 is 3.12 bits per heavy atom. The van der Waals surface area contributed by atoms with E-state index in [9.17, 15) is 4.79 Å². The van der Waals surface area contributed by atoms with Gasteiger partial charge in [0.2, 0.25) is 0 Å². The van der Waals surface area contributed by atoms with Crippen molar-refractivity contribution >= 4 is 18.1 Å². The maximum atomic E-state index is 11.8. The molecule has 0 atom stereocenters. The number of hydrogen-bond acceptors (Lipinski definition) is 4. The second-order valence-corrected chi connectivity index (χ2v) is 3.76. The summed E-state index contributed by atoms with van der Waals surface area (Å²) in [5, 5.41) is 7.72. The van der Waals surface area contributed by atoms with E-state index < -0.39 is 6.09 Å². The van der Waals surface area contributed by atoms with Gasteiger partial charge in [0, 0.05) is 12.1 Å². The normalized spacial score (nSPS) is 18.1. The molecule has 2 heterocycles. The van der Waals surface area contributed by atoms with Crippen molar-refractivity contribution in [2.75, 3.05) is 6.54 Å². The van der Waals surface area contributed by atoms with E-state index in [2.05, 4.69) is 10.2 Å². The highest BCUT2D eigenvalue weighted by molar-refractivity contribution is 6.21. The molecule has 0 aromatic carbocycles. The van der Waals surface area contributed by atoms with Crippen molar-refractivity contribution in [3.63, 3.8) is 0 Å². The van der Waals surface area contributed by atoms with Crippen molar-refractivity contribution in [2.45, 2.75) is 20.0 Å². The van der Waals surface area contributed by atoms with E-state index in [4.69, 9.17) is 4.74 Å². The van der Waals surface area contributed by atoms with E-state index in [1.807, 2.05) is 32.1 Å². The fraction of sp³-hybridized carbons (Fsp3) is 0.364. The quantitative estimate of drug-likeness (QED) is 0.674. The van der Waals surface area contributed by atoms with E-state index in [0.717, 1.165) is 5.57 Å². The summed E-state index contributed by atoms with van der Waals surface area (Å²) in [6, 6.07) is 0. The number of amides is 1. The van der Waals surface area contributed by atoms with Gasteiger partial charge < -0.3 is 4.74 Å².